The molecule has 0 atom stereocenters. The quantitative estimate of drug-likeness (QED) is 0.801. The normalized spacial score (nSPS) is 18.7. The Morgan fingerprint density at radius 3 is 2.23 bits per heavy atom. The highest BCUT2D eigenvalue weighted by atomic mass is 16.5. The molecular formula is C28H33N2O+. The van der Waals surface area contributed by atoms with Gasteiger partial charge in [0.05, 0.1) is 14.1 Å². The highest BCUT2D eigenvalue weighted by Crippen LogP contribution is 2.41. The standard InChI is InChI=1S/C28H32N2O/c1-28(2)19-18-22-8-7-9-25(27(22)31-28)26(20-10-14-23(15-11-20)29(3)4)21-12-16-24(17-13-21)30(5)6/h7-19,23H,1-6H3/p+1. The van der Waals surface area contributed by atoms with E-state index in [-0.39, 0.29) is 5.60 Å². The molecule has 4 rings (SSSR count). The summed E-state index contributed by atoms with van der Waals surface area (Å²) >= 11 is 0. The average Bonchev–Trinajstić information content (AvgIpc) is 2.74. The third-order valence-corrected chi connectivity index (χ3v) is 5.94. The molecule has 0 bridgehead atoms. The number of nitrogens with one attached hydrogen (secondary N) is 1. The first-order valence-corrected chi connectivity index (χ1v) is 11.0. The van der Waals surface area contributed by atoms with E-state index in [4.69, 9.17) is 4.74 Å². The minimum absolute atomic E-state index is 0.328. The molecule has 3 nitrogen and oxygen atoms in total. The van der Waals surface area contributed by atoms with Gasteiger partial charge in [0.1, 0.15) is 17.4 Å². The van der Waals surface area contributed by atoms with Crippen LogP contribution in [0.3, 0.4) is 0 Å². The summed E-state index contributed by atoms with van der Waals surface area (Å²) in [7, 11) is 8.51. The first kappa shape index (κ1) is 21.2. The van der Waals surface area contributed by atoms with Crippen LogP contribution in [0.15, 0.2) is 78.4 Å². The number of nitrogens with zero attached hydrogens (tertiary/aromatic N) is 1. The molecule has 160 valence electrons. The fourth-order valence-corrected chi connectivity index (χ4v) is 4.07. The molecule has 31 heavy (non-hydrogen) atoms. The predicted molar refractivity (Wildman–Crippen MR) is 132 cm³/mol. The van der Waals surface area contributed by atoms with Gasteiger partial charge in [0.25, 0.3) is 0 Å². The zero-order valence-electron chi connectivity index (χ0n) is 19.4. The number of allylic oxidation sites excluding steroid dienone is 3. The Balaban J connectivity index is 1.90. The second-order valence-corrected chi connectivity index (χ2v) is 9.36. The lowest BCUT2D eigenvalue weighted by Gasteiger charge is -2.30. The molecule has 3 heteroatoms. The Morgan fingerprint density at radius 1 is 0.935 bits per heavy atom. The number of ether oxygens (including phenoxy) is 1. The molecule has 0 fully saturated rings. The van der Waals surface area contributed by atoms with Gasteiger partial charge in [-0.05, 0) is 60.9 Å². The Morgan fingerprint density at radius 2 is 1.61 bits per heavy atom. The predicted octanol–water partition coefficient (Wildman–Crippen LogP) is 4.38. The van der Waals surface area contributed by atoms with Crippen LogP contribution in [0, 0.1) is 0 Å². The molecule has 0 aromatic heterocycles. The molecule has 2 aromatic rings. The number of para-hydroxylation sites is 1. The van der Waals surface area contributed by atoms with E-state index in [0.717, 1.165) is 16.9 Å². The van der Waals surface area contributed by atoms with E-state index in [9.17, 15) is 0 Å². The highest BCUT2D eigenvalue weighted by Gasteiger charge is 2.26. The van der Waals surface area contributed by atoms with E-state index in [1.807, 2.05) is 0 Å². The number of anilines is 1. The minimum atomic E-state index is -0.328. The lowest BCUT2D eigenvalue weighted by atomic mass is 9.87. The Bertz CT molecular complexity index is 1070. The summed E-state index contributed by atoms with van der Waals surface area (Å²) in [4.78, 5) is 3.53. The van der Waals surface area contributed by atoms with Crippen molar-refractivity contribution in [2.75, 3.05) is 33.1 Å². The first-order valence-electron chi connectivity index (χ1n) is 11.0. The van der Waals surface area contributed by atoms with Gasteiger partial charge in [-0.25, -0.2) is 0 Å². The van der Waals surface area contributed by atoms with Crippen LogP contribution >= 0.6 is 0 Å². The van der Waals surface area contributed by atoms with Crippen LogP contribution in [0.4, 0.5) is 5.69 Å². The van der Waals surface area contributed by atoms with Crippen LogP contribution in [0.5, 0.6) is 5.75 Å². The van der Waals surface area contributed by atoms with Gasteiger partial charge in [0.2, 0.25) is 0 Å². The van der Waals surface area contributed by atoms with Crippen molar-refractivity contribution in [2.45, 2.75) is 25.5 Å². The van der Waals surface area contributed by atoms with Gasteiger partial charge in [-0.2, -0.15) is 0 Å². The topological polar surface area (TPSA) is 16.9 Å². The number of quaternary nitrogens is 1. The average molecular weight is 414 g/mol. The van der Waals surface area contributed by atoms with E-state index >= 15 is 0 Å². The molecule has 0 saturated heterocycles. The molecule has 1 aliphatic carbocycles. The van der Waals surface area contributed by atoms with E-state index in [0.29, 0.717) is 6.04 Å². The smallest absolute Gasteiger partial charge is 0.135 e. The fourth-order valence-electron chi connectivity index (χ4n) is 4.07. The highest BCUT2D eigenvalue weighted by molar-refractivity contribution is 5.90. The lowest BCUT2D eigenvalue weighted by Crippen LogP contribution is -3.09. The van der Waals surface area contributed by atoms with Crippen molar-refractivity contribution in [1.82, 2.24) is 0 Å². The number of hydrogen-bond acceptors (Lipinski definition) is 2. The molecule has 0 saturated carbocycles. The number of hydrogen-bond donors (Lipinski definition) is 1. The molecule has 0 unspecified atom stereocenters. The van der Waals surface area contributed by atoms with Gasteiger partial charge < -0.3 is 14.5 Å². The summed E-state index contributed by atoms with van der Waals surface area (Å²) in [5.41, 5.74) is 6.72. The second kappa shape index (κ2) is 8.24. The third-order valence-electron chi connectivity index (χ3n) is 5.94. The van der Waals surface area contributed by atoms with Gasteiger partial charge in [0.15, 0.2) is 0 Å². The van der Waals surface area contributed by atoms with E-state index in [1.165, 1.54) is 27.3 Å². The molecule has 2 aromatic carbocycles. The zero-order valence-corrected chi connectivity index (χ0v) is 19.4. The summed E-state index contributed by atoms with van der Waals surface area (Å²) in [6.45, 7) is 4.21. The van der Waals surface area contributed by atoms with E-state index < -0.39 is 0 Å². The lowest BCUT2D eigenvalue weighted by molar-refractivity contribution is -0.871. The third kappa shape index (κ3) is 4.38. The summed E-state index contributed by atoms with van der Waals surface area (Å²) in [6, 6.07) is 15.6. The summed E-state index contributed by atoms with van der Waals surface area (Å²) in [5.74, 6) is 0.955. The van der Waals surface area contributed by atoms with Crippen molar-refractivity contribution in [2.24, 2.45) is 0 Å². The van der Waals surface area contributed by atoms with Gasteiger partial charge >= 0.3 is 0 Å². The Kier molecular flexibility index (Phi) is 5.63. The van der Waals surface area contributed by atoms with Crippen LogP contribution in [-0.4, -0.2) is 39.8 Å². The van der Waals surface area contributed by atoms with Gasteiger partial charge in [-0.1, -0.05) is 48.6 Å². The van der Waals surface area contributed by atoms with Crippen molar-refractivity contribution in [1.29, 1.82) is 0 Å². The second-order valence-electron chi connectivity index (χ2n) is 9.36. The van der Waals surface area contributed by atoms with Gasteiger partial charge in [-0.3, -0.25) is 0 Å². The van der Waals surface area contributed by atoms with Crippen molar-refractivity contribution >= 4 is 17.3 Å². The minimum Gasteiger partial charge on any atom is -0.483 e. The maximum atomic E-state index is 6.48. The van der Waals surface area contributed by atoms with Crippen molar-refractivity contribution < 1.29 is 9.64 Å². The molecule has 1 N–H and O–H groups in total. The van der Waals surface area contributed by atoms with Crippen LogP contribution in [0.1, 0.15) is 30.5 Å². The summed E-state index contributed by atoms with van der Waals surface area (Å²) < 4.78 is 6.48. The van der Waals surface area contributed by atoms with Crippen molar-refractivity contribution in [3.05, 3.63) is 95.1 Å². The van der Waals surface area contributed by atoms with Gasteiger partial charge in [0, 0.05) is 30.9 Å². The Hall–Kier alpha value is -3.04. The van der Waals surface area contributed by atoms with Crippen LogP contribution in [0.2, 0.25) is 0 Å². The molecule has 0 radical (unpaired) electrons. The molecule has 2 aliphatic rings. The van der Waals surface area contributed by atoms with Crippen LogP contribution in [0.25, 0.3) is 11.6 Å². The Labute approximate surface area is 186 Å². The maximum Gasteiger partial charge on any atom is 0.135 e. The fraction of sp³-hybridized carbons (Fsp3) is 0.286. The molecular weight excluding hydrogens is 380 g/mol. The summed E-state index contributed by atoms with van der Waals surface area (Å²) in [6.07, 6.45) is 13.4. The summed E-state index contributed by atoms with van der Waals surface area (Å²) in [5, 5.41) is 0. The van der Waals surface area contributed by atoms with E-state index in [1.54, 1.807) is 0 Å². The number of benzene rings is 2. The number of rotatable bonds is 4. The number of likely N-dealkylation sites (N-methyl/N-ethyl adjacent to an activating group) is 1. The van der Waals surface area contributed by atoms with Gasteiger partial charge in [-0.15, -0.1) is 0 Å². The largest absolute Gasteiger partial charge is 0.483 e. The number of fused-ring (bicyclic) bond motifs is 1. The molecule has 1 aliphatic heterocycles. The first-order chi connectivity index (χ1) is 14.7. The zero-order chi connectivity index (χ0) is 22.2. The monoisotopic (exact) mass is 413 g/mol. The van der Waals surface area contributed by atoms with E-state index in [2.05, 4.69) is 126 Å². The maximum absolute atomic E-state index is 6.48. The SMILES string of the molecule is CN(C)c1ccc(C(=C2C=CC([NH+](C)C)C=C2)c2cccc3c2OC(C)(C)C=C3)cc1. The van der Waals surface area contributed by atoms with Crippen LogP contribution < -0.4 is 14.5 Å². The van der Waals surface area contributed by atoms with Crippen LogP contribution in [-0.2, 0) is 0 Å². The molecule has 0 spiro atoms. The van der Waals surface area contributed by atoms with Crippen molar-refractivity contribution in [3.8, 4) is 5.75 Å². The molecule has 1 heterocycles. The van der Waals surface area contributed by atoms with Crippen molar-refractivity contribution in [3.63, 3.8) is 0 Å². The molecule has 0 amide bonds.